The second-order valence-corrected chi connectivity index (χ2v) is 4.38. The van der Waals surface area contributed by atoms with E-state index in [1.165, 1.54) is 12.3 Å². The van der Waals surface area contributed by atoms with Gasteiger partial charge in [-0.2, -0.15) is 5.26 Å². The summed E-state index contributed by atoms with van der Waals surface area (Å²) in [5, 5.41) is 24.0. The first-order valence-electron chi connectivity index (χ1n) is 6.52. The topological polar surface area (TPSA) is 98.0 Å². The van der Waals surface area contributed by atoms with Gasteiger partial charge in [0, 0.05) is 25.1 Å². The lowest BCUT2D eigenvalue weighted by Crippen LogP contribution is -2.16. The zero-order valence-corrected chi connectivity index (χ0v) is 11.7. The fraction of sp³-hybridized carbons (Fsp3) is 0.0625. The molecule has 0 radical (unpaired) electrons. The third kappa shape index (κ3) is 4.08. The number of phenols is 1. The normalized spacial score (nSPS) is 10.6. The van der Waals surface area contributed by atoms with Crippen LogP contribution in [0.2, 0.25) is 0 Å². The van der Waals surface area contributed by atoms with E-state index in [2.05, 4.69) is 15.6 Å². The molecule has 3 N–H and O–H groups in total. The lowest BCUT2D eigenvalue weighted by molar-refractivity contribution is -0.112. The number of rotatable bonds is 5. The Morgan fingerprint density at radius 3 is 2.68 bits per heavy atom. The highest BCUT2D eigenvalue weighted by atomic mass is 16.3. The van der Waals surface area contributed by atoms with E-state index in [0.29, 0.717) is 6.54 Å². The molecule has 1 aromatic carbocycles. The maximum atomic E-state index is 12.0. The standard InChI is InChI=1S/C16H14N4O2/c17-9-13(11-19-10-12-5-7-18-8-6-12)16(22)20-14-3-1-2-4-15(14)21/h1-8,11,19,21H,10H2,(H,20,22)/b13-11-. The molecule has 2 rings (SSSR count). The quantitative estimate of drug-likeness (QED) is 0.444. The molecule has 0 atom stereocenters. The lowest BCUT2D eigenvalue weighted by Gasteiger charge is -2.06. The van der Waals surface area contributed by atoms with Crippen LogP contribution in [0.5, 0.6) is 5.75 Å². The number of nitriles is 1. The van der Waals surface area contributed by atoms with Crippen LogP contribution in [0.15, 0.2) is 60.6 Å². The van der Waals surface area contributed by atoms with E-state index in [-0.39, 0.29) is 17.0 Å². The van der Waals surface area contributed by atoms with E-state index in [1.807, 2.05) is 18.2 Å². The smallest absolute Gasteiger partial charge is 0.267 e. The van der Waals surface area contributed by atoms with Gasteiger partial charge in [0.25, 0.3) is 5.91 Å². The van der Waals surface area contributed by atoms with E-state index < -0.39 is 5.91 Å². The number of amides is 1. The van der Waals surface area contributed by atoms with Crippen molar-refractivity contribution in [2.24, 2.45) is 0 Å². The van der Waals surface area contributed by atoms with Crippen molar-refractivity contribution in [3.05, 3.63) is 66.1 Å². The number of para-hydroxylation sites is 2. The summed E-state index contributed by atoms with van der Waals surface area (Å²) in [5.41, 5.74) is 1.14. The summed E-state index contributed by atoms with van der Waals surface area (Å²) in [5.74, 6) is -0.649. The highest BCUT2D eigenvalue weighted by Crippen LogP contribution is 2.21. The van der Waals surface area contributed by atoms with Crippen molar-refractivity contribution in [3.63, 3.8) is 0 Å². The van der Waals surface area contributed by atoms with E-state index in [0.717, 1.165) is 5.56 Å². The summed E-state index contributed by atoms with van der Waals surface area (Å²) in [6.45, 7) is 0.470. The molecule has 1 amide bonds. The molecule has 0 bridgehead atoms. The minimum absolute atomic E-state index is 0.0575. The van der Waals surface area contributed by atoms with Gasteiger partial charge in [0.05, 0.1) is 5.69 Å². The van der Waals surface area contributed by atoms with Gasteiger partial charge in [0.1, 0.15) is 17.4 Å². The molecule has 0 unspecified atom stereocenters. The predicted octanol–water partition coefficient (Wildman–Crippen LogP) is 1.92. The largest absolute Gasteiger partial charge is 0.506 e. The number of nitrogens with one attached hydrogen (secondary N) is 2. The van der Waals surface area contributed by atoms with Gasteiger partial charge in [-0.25, -0.2) is 0 Å². The second kappa shape index (κ2) is 7.45. The van der Waals surface area contributed by atoms with Gasteiger partial charge < -0.3 is 15.7 Å². The van der Waals surface area contributed by atoms with Crippen LogP contribution in [0.4, 0.5) is 5.69 Å². The zero-order chi connectivity index (χ0) is 15.8. The average molecular weight is 294 g/mol. The maximum Gasteiger partial charge on any atom is 0.267 e. The van der Waals surface area contributed by atoms with Crippen molar-refractivity contribution in [3.8, 4) is 11.8 Å². The molecular formula is C16H14N4O2. The number of carbonyl (C=O) groups is 1. The van der Waals surface area contributed by atoms with Gasteiger partial charge in [-0.1, -0.05) is 12.1 Å². The molecule has 6 nitrogen and oxygen atoms in total. The Labute approximate surface area is 127 Å². The van der Waals surface area contributed by atoms with Crippen molar-refractivity contribution in [2.75, 3.05) is 5.32 Å². The van der Waals surface area contributed by atoms with Gasteiger partial charge in [0.2, 0.25) is 0 Å². The van der Waals surface area contributed by atoms with Crippen LogP contribution >= 0.6 is 0 Å². The van der Waals surface area contributed by atoms with Crippen LogP contribution < -0.4 is 10.6 Å². The number of aromatic hydroxyl groups is 1. The van der Waals surface area contributed by atoms with Crippen LogP contribution in [0.3, 0.4) is 0 Å². The highest BCUT2D eigenvalue weighted by Gasteiger charge is 2.10. The number of nitrogens with zero attached hydrogens (tertiary/aromatic N) is 2. The number of hydrogen-bond acceptors (Lipinski definition) is 5. The number of pyridine rings is 1. The fourth-order valence-electron chi connectivity index (χ4n) is 1.69. The van der Waals surface area contributed by atoms with E-state index in [1.54, 1.807) is 30.6 Å². The predicted molar refractivity (Wildman–Crippen MR) is 81.5 cm³/mol. The average Bonchev–Trinajstić information content (AvgIpc) is 2.54. The van der Waals surface area contributed by atoms with Gasteiger partial charge in [-0.3, -0.25) is 9.78 Å². The number of carbonyl (C=O) groups excluding carboxylic acids is 1. The summed E-state index contributed by atoms with van der Waals surface area (Å²) < 4.78 is 0. The molecule has 0 saturated carbocycles. The van der Waals surface area contributed by atoms with Crippen molar-refractivity contribution in [2.45, 2.75) is 6.54 Å². The first-order chi connectivity index (χ1) is 10.7. The van der Waals surface area contributed by atoms with Crippen LogP contribution in [0, 0.1) is 11.3 Å². The molecular weight excluding hydrogens is 280 g/mol. The van der Waals surface area contributed by atoms with E-state index in [4.69, 9.17) is 5.26 Å². The fourth-order valence-corrected chi connectivity index (χ4v) is 1.69. The van der Waals surface area contributed by atoms with Crippen LogP contribution in [0.1, 0.15) is 5.56 Å². The van der Waals surface area contributed by atoms with Crippen LogP contribution in [-0.4, -0.2) is 16.0 Å². The number of anilines is 1. The maximum absolute atomic E-state index is 12.0. The van der Waals surface area contributed by atoms with Gasteiger partial charge >= 0.3 is 0 Å². The number of hydrogen-bond donors (Lipinski definition) is 3. The summed E-state index contributed by atoms with van der Waals surface area (Å²) >= 11 is 0. The van der Waals surface area contributed by atoms with Crippen molar-refractivity contribution in [1.82, 2.24) is 10.3 Å². The van der Waals surface area contributed by atoms with E-state index in [9.17, 15) is 9.90 Å². The van der Waals surface area contributed by atoms with Crippen molar-refractivity contribution >= 4 is 11.6 Å². The molecule has 0 aliphatic rings. The third-order valence-electron chi connectivity index (χ3n) is 2.82. The minimum Gasteiger partial charge on any atom is -0.506 e. The van der Waals surface area contributed by atoms with Crippen LogP contribution in [-0.2, 0) is 11.3 Å². The van der Waals surface area contributed by atoms with Crippen LogP contribution in [0.25, 0.3) is 0 Å². The molecule has 0 aliphatic heterocycles. The summed E-state index contributed by atoms with van der Waals surface area (Å²) in [6, 6.07) is 11.8. The second-order valence-electron chi connectivity index (χ2n) is 4.38. The summed E-state index contributed by atoms with van der Waals surface area (Å²) in [6.07, 6.45) is 4.67. The molecule has 6 heteroatoms. The van der Waals surface area contributed by atoms with Gasteiger partial charge in [0.15, 0.2) is 0 Å². The molecule has 0 aliphatic carbocycles. The molecule has 22 heavy (non-hydrogen) atoms. The number of aromatic nitrogens is 1. The third-order valence-corrected chi connectivity index (χ3v) is 2.82. The molecule has 2 aromatic rings. The van der Waals surface area contributed by atoms with Gasteiger partial charge in [-0.05, 0) is 29.8 Å². The van der Waals surface area contributed by atoms with Crippen molar-refractivity contribution < 1.29 is 9.90 Å². The first kappa shape index (κ1) is 15.1. The van der Waals surface area contributed by atoms with Gasteiger partial charge in [-0.15, -0.1) is 0 Å². The summed E-state index contributed by atoms with van der Waals surface area (Å²) in [4.78, 5) is 15.9. The zero-order valence-electron chi connectivity index (χ0n) is 11.7. The SMILES string of the molecule is N#C/C(=C/NCc1ccncc1)C(=O)Nc1ccccc1O. The number of benzene rings is 1. The minimum atomic E-state index is -0.591. The first-order valence-corrected chi connectivity index (χ1v) is 6.52. The van der Waals surface area contributed by atoms with E-state index >= 15 is 0 Å². The highest BCUT2D eigenvalue weighted by molar-refractivity contribution is 6.07. The monoisotopic (exact) mass is 294 g/mol. The Bertz CT molecular complexity index is 720. The molecule has 1 aromatic heterocycles. The molecule has 0 fully saturated rings. The molecule has 0 saturated heterocycles. The Kier molecular flexibility index (Phi) is 5.10. The Morgan fingerprint density at radius 2 is 2.00 bits per heavy atom. The Morgan fingerprint density at radius 1 is 1.27 bits per heavy atom. The Balaban J connectivity index is 1.99. The molecule has 0 spiro atoms. The molecule has 110 valence electrons. The van der Waals surface area contributed by atoms with Crippen molar-refractivity contribution in [1.29, 1.82) is 5.26 Å². The lowest BCUT2D eigenvalue weighted by atomic mass is 10.2. The molecule has 1 heterocycles. The summed E-state index contributed by atoms with van der Waals surface area (Å²) in [7, 11) is 0. The number of phenolic OH excluding ortho intramolecular Hbond substituents is 1. The Hall–Kier alpha value is -3.33.